The van der Waals surface area contributed by atoms with Crippen molar-refractivity contribution in [3.05, 3.63) is 66.0 Å². The third-order valence-electron chi connectivity index (χ3n) is 3.92. The molecule has 3 rings (SSSR count). The number of nitrogens with one attached hydrogen (secondary N) is 1. The number of aromatic nitrogens is 2. The summed E-state index contributed by atoms with van der Waals surface area (Å²) in [5.74, 6) is -1.48. The molecule has 0 aliphatic rings. The summed E-state index contributed by atoms with van der Waals surface area (Å²) in [6.45, 7) is 1.26. The quantitative estimate of drug-likeness (QED) is 0.493. The number of nitrogens with two attached hydrogens (primary N) is 1. The minimum Gasteiger partial charge on any atom is -0.427 e. The molecule has 0 radical (unpaired) electrons. The second kappa shape index (κ2) is 8.26. The van der Waals surface area contributed by atoms with Crippen LogP contribution >= 0.6 is 0 Å². The summed E-state index contributed by atoms with van der Waals surface area (Å²) in [6.07, 6.45) is 1.65. The number of ether oxygens (including phenoxy) is 1. The van der Waals surface area contributed by atoms with Gasteiger partial charge in [0.25, 0.3) is 5.91 Å². The van der Waals surface area contributed by atoms with E-state index in [-0.39, 0.29) is 17.7 Å². The van der Waals surface area contributed by atoms with E-state index in [1.165, 1.54) is 19.1 Å². The molecule has 1 heterocycles. The molecule has 0 saturated carbocycles. The van der Waals surface area contributed by atoms with Crippen LogP contribution in [0.15, 0.2) is 54.7 Å². The second-order valence-corrected chi connectivity index (χ2v) is 6.10. The number of amides is 2. The van der Waals surface area contributed by atoms with Gasteiger partial charge in [0, 0.05) is 25.1 Å². The van der Waals surface area contributed by atoms with E-state index >= 15 is 0 Å². The summed E-state index contributed by atoms with van der Waals surface area (Å²) in [5, 5.41) is 2.59. The number of primary amides is 1. The predicted molar refractivity (Wildman–Crippen MR) is 101 cm³/mol. The van der Waals surface area contributed by atoms with Crippen LogP contribution in [-0.4, -0.2) is 33.8 Å². The average Bonchev–Trinajstić information content (AvgIpc) is 2.67. The zero-order valence-electron chi connectivity index (χ0n) is 15.1. The zero-order valence-corrected chi connectivity index (χ0v) is 15.1. The lowest BCUT2D eigenvalue weighted by Gasteiger charge is -2.15. The van der Waals surface area contributed by atoms with Crippen molar-refractivity contribution >= 4 is 28.8 Å². The first-order chi connectivity index (χ1) is 13.4. The molecule has 2 amide bonds. The maximum atomic E-state index is 12.5. The molecule has 1 aromatic heterocycles. The molecule has 0 aliphatic heterocycles. The molecular weight excluding hydrogens is 360 g/mol. The molecule has 2 aromatic carbocycles. The number of hydrogen-bond acceptors (Lipinski definition) is 6. The highest BCUT2D eigenvalue weighted by atomic mass is 16.5. The number of benzene rings is 2. The topological polar surface area (TPSA) is 124 Å². The Hall–Kier alpha value is -3.81. The van der Waals surface area contributed by atoms with Gasteiger partial charge in [0.05, 0.1) is 16.7 Å². The molecule has 0 unspecified atom stereocenters. The van der Waals surface area contributed by atoms with Crippen LogP contribution in [0.1, 0.15) is 23.0 Å². The van der Waals surface area contributed by atoms with Gasteiger partial charge in [-0.25, -0.2) is 4.98 Å². The molecule has 0 fully saturated rings. The number of carbonyl (C=O) groups excluding carboxylic acids is 3. The van der Waals surface area contributed by atoms with E-state index in [0.29, 0.717) is 11.2 Å². The number of hydrogen-bond donors (Lipinski definition) is 2. The summed E-state index contributed by atoms with van der Waals surface area (Å²) in [7, 11) is 0. The summed E-state index contributed by atoms with van der Waals surface area (Å²) < 4.78 is 4.97. The molecule has 28 heavy (non-hydrogen) atoms. The molecule has 0 bridgehead atoms. The fraction of sp³-hybridized carbons (Fsp3) is 0.150. The molecule has 0 spiro atoms. The number of nitrogens with zero attached hydrogens (tertiary/aromatic N) is 2. The minimum absolute atomic E-state index is 0.0997. The largest absolute Gasteiger partial charge is 0.427 e. The van der Waals surface area contributed by atoms with Crippen molar-refractivity contribution in [2.75, 3.05) is 0 Å². The summed E-state index contributed by atoms with van der Waals surface area (Å²) >= 11 is 0. The Labute approximate surface area is 160 Å². The third kappa shape index (κ3) is 4.67. The number of carbonyl (C=O) groups is 3. The SMILES string of the molecule is CC(=O)Oc1cccc(C(=O)N[C@H](Cc2cnc3ccccc3n2)C(N)=O)c1. The predicted octanol–water partition coefficient (Wildman–Crippen LogP) is 1.38. The van der Waals surface area contributed by atoms with Gasteiger partial charge in [-0.05, 0) is 30.3 Å². The Balaban J connectivity index is 1.76. The molecule has 1 atom stereocenters. The fourth-order valence-electron chi connectivity index (χ4n) is 2.63. The lowest BCUT2D eigenvalue weighted by molar-refractivity contribution is -0.131. The van der Waals surface area contributed by atoms with Crippen molar-refractivity contribution in [1.29, 1.82) is 0 Å². The van der Waals surface area contributed by atoms with Crippen LogP contribution in [0.3, 0.4) is 0 Å². The normalized spacial score (nSPS) is 11.6. The third-order valence-corrected chi connectivity index (χ3v) is 3.92. The van der Waals surface area contributed by atoms with E-state index in [0.717, 1.165) is 5.52 Å². The Morgan fingerprint density at radius 3 is 2.57 bits per heavy atom. The smallest absolute Gasteiger partial charge is 0.308 e. The van der Waals surface area contributed by atoms with E-state index in [2.05, 4.69) is 15.3 Å². The van der Waals surface area contributed by atoms with Crippen molar-refractivity contribution in [2.45, 2.75) is 19.4 Å². The van der Waals surface area contributed by atoms with Gasteiger partial charge >= 0.3 is 5.97 Å². The maximum Gasteiger partial charge on any atom is 0.308 e. The Morgan fingerprint density at radius 2 is 1.86 bits per heavy atom. The summed E-state index contributed by atoms with van der Waals surface area (Å²) in [6, 6.07) is 12.4. The van der Waals surface area contributed by atoms with Crippen LogP contribution < -0.4 is 15.8 Å². The first kappa shape index (κ1) is 19.0. The van der Waals surface area contributed by atoms with Crippen LogP contribution in [0.5, 0.6) is 5.75 Å². The van der Waals surface area contributed by atoms with E-state index in [1.807, 2.05) is 24.3 Å². The lowest BCUT2D eigenvalue weighted by Crippen LogP contribution is -2.46. The molecule has 8 nitrogen and oxygen atoms in total. The molecule has 3 N–H and O–H groups in total. The van der Waals surface area contributed by atoms with Gasteiger partial charge in [-0.3, -0.25) is 19.4 Å². The van der Waals surface area contributed by atoms with Gasteiger partial charge in [0.15, 0.2) is 0 Å². The minimum atomic E-state index is -0.972. The molecule has 8 heteroatoms. The van der Waals surface area contributed by atoms with E-state index in [1.54, 1.807) is 18.3 Å². The number of fused-ring (bicyclic) bond motifs is 1. The van der Waals surface area contributed by atoms with E-state index in [9.17, 15) is 14.4 Å². The second-order valence-electron chi connectivity index (χ2n) is 6.10. The van der Waals surface area contributed by atoms with Crippen molar-refractivity contribution in [3.63, 3.8) is 0 Å². The summed E-state index contributed by atoms with van der Waals surface area (Å²) in [5.41, 5.74) is 7.62. The van der Waals surface area contributed by atoms with E-state index < -0.39 is 23.8 Å². The molecular formula is C20H18N4O4. The number of para-hydroxylation sites is 2. The average molecular weight is 378 g/mol. The van der Waals surface area contributed by atoms with Crippen molar-refractivity contribution in [1.82, 2.24) is 15.3 Å². The molecule has 3 aromatic rings. The summed E-state index contributed by atoms with van der Waals surface area (Å²) in [4.78, 5) is 44.1. The molecule has 142 valence electrons. The van der Waals surface area contributed by atoms with Gasteiger partial charge in [-0.2, -0.15) is 0 Å². The van der Waals surface area contributed by atoms with Gasteiger partial charge in [-0.1, -0.05) is 18.2 Å². The van der Waals surface area contributed by atoms with Crippen molar-refractivity contribution < 1.29 is 19.1 Å². The fourth-order valence-corrected chi connectivity index (χ4v) is 2.63. The van der Waals surface area contributed by atoms with Crippen molar-refractivity contribution in [3.8, 4) is 5.75 Å². The maximum absolute atomic E-state index is 12.5. The first-order valence-corrected chi connectivity index (χ1v) is 8.51. The van der Waals surface area contributed by atoms with Crippen LogP contribution in [0.25, 0.3) is 11.0 Å². The molecule has 0 aliphatic carbocycles. The Bertz CT molecular complexity index is 1050. The van der Waals surface area contributed by atoms with Crippen LogP contribution in [-0.2, 0) is 16.0 Å². The zero-order chi connectivity index (χ0) is 20.1. The van der Waals surface area contributed by atoms with Gasteiger partial charge in [0.1, 0.15) is 11.8 Å². The highest BCUT2D eigenvalue weighted by molar-refractivity contribution is 5.97. The highest BCUT2D eigenvalue weighted by Gasteiger charge is 2.21. The lowest BCUT2D eigenvalue weighted by atomic mass is 10.1. The van der Waals surface area contributed by atoms with Gasteiger partial charge in [-0.15, -0.1) is 0 Å². The molecule has 0 saturated heterocycles. The highest BCUT2D eigenvalue weighted by Crippen LogP contribution is 2.14. The standard InChI is InChI=1S/C20H18N4O4/c1-12(25)28-15-6-4-5-13(9-15)20(27)24-18(19(21)26)10-14-11-22-16-7-2-3-8-17(16)23-14/h2-9,11,18H,10H2,1H3,(H2,21,26)(H,24,27)/t18-/m1/s1. The Kier molecular flexibility index (Phi) is 5.59. The van der Waals surface area contributed by atoms with Crippen molar-refractivity contribution in [2.24, 2.45) is 5.73 Å². The Morgan fingerprint density at radius 1 is 1.11 bits per heavy atom. The van der Waals surface area contributed by atoms with Crippen LogP contribution in [0, 0.1) is 0 Å². The van der Waals surface area contributed by atoms with Gasteiger partial charge in [0.2, 0.25) is 5.91 Å². The number of esters is 1. The van der Waals surface area contributed by atoms with Crippen LogP contribution in [0.2, 0.25) is 0 Å². The number of rotatable bonds is 6. The van der Waals surface area contributed by atoms with Crippen LogP contribution in [0.4, 0.5) is 0 Å². The monoisotopic (exact) mass is 378 g/mol. The first-order valence-electron chi connectivity index (χ1n) is 8.51. The van der Waals surface area contributed by atoms with E-state index in [4.69, 9.17) is 10.5 Å². The van der Waals surface area contributed by atoms with Gasteiger partial charge < -0.3 is 15.8 Å².